The number of nitrogens with one attached hydrogen (secondary N) is 1. The fourth-order valence-corrected chi connectivity index (χ4v) is 2.76. The Morgan fingerprint density at radius 1 is 1.15 bits per heavy atom. The summed E-state index contributed by atoms with van der Waals surface area (Å²) in [6.45, 7) is 0.594. The fraction of sp³-hybridized carbons (Fsp3) is 0.353. The van der Waals surface area contributed by atoms with Crippen molar-refractivity contribution in [1.82, 2.24) is 5.32 Å². The van der Waals surface area contributed by atoms with E-state index >= 15 is 0 Å². The van der Waals surface area contributed by atoms with E-state index in [1.807, 2.05) is 24.3 Å². The van der Waals surface area contributed by atoms with E-state index in [9.17, 15) is 4.79 Å². The number of rotatable bonds is 4. The maximum absolute atomic E-state index is 12.1. The number of amides is 1. The van der Waals surface area contributed by atoms with Crippen LogP contribution in [0.3, 0.4) is 0 Å². The molecule has 1 fully saturated rings. The van der Waals surface area contributed by atoms with E-state index in [0.29, 0.717) is 13.0 Å². The van der Waals surface area contributed by atoms with Gasteiger partial charge in [-0.1, -0.05) is 42.5 Å². The van der Waals surface area contributed by atoms with Crippen molar-refractivity contribution in [3.05, 3.63) is 48.0 Å². The highest BCUT2D eigenvalue weighted by Crippen LogP contribution is 2.28. The number of carbonyl (C=O) groups is 1. The van der Waals surface area contributed by atoms with Crippen LogP contribution in [0.1, 0.15) is 24.8 Å². The monoisotopic (exact) mass is 268 g/mol. The van der Waals surface area contributed by atoms with Crippen LogP contribution in [0.5, 0.6) is 0 Å². The molecule has 0 aromatic heterocycles. The average Bonchev–Trinajstić information content (AvgIpc) is 2.43. The summed E-state index contributed by atoms with van der Waals surface area (Å²) in [6, 6.07) is 14.2. The quantitative estimate of drug-likeness (QED) is 0.894. The minimum atomic E-state index is -0.158. The van der Waals surface area contributed by atoms with Gasteiger partial charge in [0, 0.05) is 12.1 Å². The third-order valence-corrected chi connectivity index (χ3v) is 4.22. The summed E-state index contributed by atoms with van der Waals surface area (Å²) in [4.78, 5) is 12.1. The Labute approximate surface area is 119 Å². The summed E-state index contributed by atoms with van der Waals surface area (Å²) in [6.07, 6.45) is 3.62. The largest absolute Gasteiger partial charge is 0.354 e. The van der Waals surface area contributed by atoms with Gasteiger partial charge < -0.3 is 11.1 Å². The molecule has 1 aliphatic carbocycles. The third kappa shape index (κ3) is 2.68. The first-order chi connectivity index (χ1) is 9.66. The second-order valence-electron chi connectivity index (χ2n) is 5.81. The van der Waals surface area contributed by atoms with Gasteiger partial charge in [0.25, 0.3) is 0 Å². The van der Waals surface area contributed by atoms with Gasteiger partial charge in [-0.15, -0.1) is 0 Å². The summed E-state index contributed by atoms with van der Waals surface area (Å²) in [7, 11) is 0. The normalized spacial score (nSPS) is 16.6. The van der Waals surface area contributed by atoms with Crippen LogP contribution in [-0.4, -0.2) is 18.0 Å². The molecule has 20 heavy (non-hydrogen) atoms. The van der Waals surface area contributed by atoms with E-state index in [4.69, 9.17) is 5.73 Å². The van der Waals surface area contributed by atoms with Crippen LogP contribution >= 0.6 is 0 Å². The molecule has 2 aromatic rings. The molecule has 2 aromatic carbocycles. The summed E-state index contributed by atoms with van der Waals surface area (Å²) in [5.74, 6) is 0.0538. The Kier molecular flexibility index (Phi) is 3.45. The highest BCUT2D eigenvalue weighted by atomic mass is 16.1. The van der Waals surface area contributed by atoms with Crippen LogP contribution in [0.25, 0.3) is 10.8 Å². The van der Waals surface area contributed by atoms with Crippen molar-refractivity contribution in [2.75, 3.05) is 6.54 Å². The lowest BCUT2D eigenvalue weighted by molar-refractivity contribution is -0.120. The molecule has 3 nitrogen and oxygen atoms in total. The molecular weight excluding hydrogens is 248 g/mol. The van der Waals surface area contributed by atoms with Crippen molar-refractivity contribution in [3.8, 4) is 0 Å². The van der Waals surface area contributed by atoms with Gasteiger partial charge in [0.15, 0.2) is 0 Å². The number of nitrogens with two attached hydrogens (primary N) is 1. The summed E-state index contributed by atoms with van der Waals surface area (Å²) >= 11 is 0. The molecule has 0 unspecified atom stereocenters. The Morgan fingerprint density at radius 3 is 2.65 bits per heavy atom. The zero-order valence-electron chi connectivity index (χ0n) is 11.6. The van der Waals surface area contributed by atoms with E-state index in [2.05, 4.69) is 23.5 Å². The second kappa shape index (κ2) is 5.25. The minimum Gasteiger partial charge on any atom is -0.354 e. The Hall–Kier alpha value is -1.87. The molecular formula is C17H20N2O. The first kappa shape index (κ1) is 13.1. The number of fused-ring (bicyclic) bond motifs is 1. The van der Waals surface area contributed by atoms with Gasteiger partial charge in [0.2, 0.25) is 5.91 Å². The number of hydrogen-bond donors (Lipinski definition) is 2. The highest BCUT2D eigenvalue weighted by molar-refractivity contribution is 5.90. The molecule has 0 radical (unpaired) electrons. The molecule has 1 saturated carbocycles. The smallest absolute Gasteiger partial charge is 0.224 e. The Bertz CT molecular complexity index is 626. The Balaban J connectivity index is 1.68. The van der Waals surface area contributed by atoms with Crippen molar-refractivity contribution in [2.24, 2.45) is 5.73 Å². The van der Waals surface area contributed by atoms with Crippen LogP contribution in [0.2, 0.25) is 0 Å². The van der Waals surface area contributed by atoms with Crippen molar-refractivity contribution >= 4 is 16.7 Å². The van der Waals surface area contributed by atoms with Crippen molar-refractivity contribution < 1.29 is 4.79 Å². The van der Waals surface area contributed by atoms with E-state index in [0.717, 1.165) is 23.8 Å². The van der Waals surface area contributed by atoms with Gasteiger partial charge in [0.05, 0.1) is 6.42 Å². The van der Waals surface area contributed by atoms with Crippen LogP contribution in [-0.2, 0) is 11.2 Å². The molecule has 0 saturated heterocycles. The number of carbonyl (C=O) groups excluding carboxylic acids is 1. The maximum atomic E-state index is 12.1. The van der Waals surface area contributed by atoms with Crippen LogP contribution < -0.4 is 11.1 Å². The highest BCUT2D eigenvalue weighted by Gasteiger charge is 2.32. The van der Waals surface area contributed by atoms with E-state index in [1.165, 1.54) is 11.8 Å². The zero-order valence-corrected chi connectivity index (χ0v) is 11.6. The van der Waals surface area contributed by atoms with Crippen LogP contribution in [0, 0.1) is 0 Å². The summed E-state index contributed by atoms with van der Waals surface area (Å²) < 4.78 is 0. The predicted molar refractivity (Wildman–Crippen MR) is 81.4 cm³/mol. The second-order valence-corrected chi connectivity index (χ2v) is 5.81. The van der Waals surface area contributed by atoms with Gasteiger partial charge >= 0.3 is 0 Å². The maximum Gasteiger partial charge on any atom is 0.224 e. The Morgan fingerprint density at radius 2 is 1.90 bits per heavy atom. The van der Waals surface area contributed by atoms with Crippen molar-refractivity contribution in [2.45, 2.75) is 31.2 Å². The third-order valence-electron chi connectivity index (χ3n) is 4.22. The molecule has 3 heteroatoms. The molecule has 0 heterocycles. The molecule has 0 spiro atoms. The molecule has 1 amide bonds. The van der Waals surface area contributed by atoms with Gasteiger partial charge in [-0.05, 0) is 35.6 Å². The van der Waals surface area contributed by atoms with Crippen molar-refractivity contribution in [3.63, 3.8) is 0 Å². The molecule has 0 atom stereocenters. The summed E-state index contributed by atoms with van der Waals surface area (Å²) in [5.41, 5.74) is 7.03. The molecule has 104 valence electrons. The van der Waals surface area contributed by atoms with Crippen molar-refractivity contribution in [1.29, 1.82) is 0 Å². The molecule has 3 N–H and O–H groups in total. The van der Waals surface area contributed by atoms with Gasteiger partial charge in [-0.25, -0.2) is 0 Å². The fourth-order valence-electron chi connectivity index (χ4n) is 2.76. The molecule has 0 aliphatic heterocycles. The number of benzene rings is 2. The lowest BCUT2D eigenvalue weighted by Crippen LogP contribution is -2.55. The van der Waals surface area contributed by atoms with E-state index in [-0.39, 0.29) is 11.4 Å². The van der Waals surface area contributed by atoms with E-state index < -0.39 is 0 Å². The van der Waals surface area contributed by atoms with Gasteiger partial charge in [0.1, 0.15) is 0 Å². The molecule has 3 rings (SSSR count). The molecule has 0 bridgehead atoms. The first-order valence-electron chi connectivity index (χ1n) is 7.19. The SMILES string of the molecule is NC1(CNC(=O)Cc2cccc3ccccc23)CCC1. The molecule has 1 aliphatic rings. The standard InChI is InChI=1S/C17H20N2O/c18-17(9-4-10-17)12-19-16(20)11-14-7-3-6-13-5-1-2-8-15(13)14/h1-3,5-8H,4,9-12,18H2,(H,19,20). The number of hydrogen-bond acceptors (Lipinski definition) is 2. The van der Waals surface area contributed by atoms with E-state index in [1.54, 1.807) is 0 Å². The van der Waals surface area contributed by atoms with Crippen LogP contribution in [0.4, 0.5) is 0 Å². The lowest BCUT2D eigenvalue weighted by Gasteiger charge is -2.38. The average molecular weight is 268 g/mol. The lowest BCUT2D eigenvalue weighted by atomic mass is 9.78. The minimum absolute atomic E-state index is 0.0538. The zero-order chi connectivity index (χ0) is 14.0. The predicted octanol–water partition coefficient (Wildman–Crippen LogP) is 2.38. The summed E-state index contributed by atoms with van der Waals surface area (Å²) in [5, 5.41) is 5.30. The van der Waals surface area contributed by atoms with Gasteiger partial charge in [-0.3, -0.25) is 4.79 Å². The topological polar surface area (TPSA) is 55.1 Å². The van der Waals surface area contributed by atoms with Gasteiger partial charge in [-0.2, -0.15) is 0 Å². The first-order valence-corrected chi connectivity index (χ1v) is 7.19. The van der Waals surface area contributed by atoms with Crippen LogP contribution in [0.15, 0.2) is 42.5 Å².